The molecule has 1 aromatic heterocycles. The van der Waals surface area contributed by atoms with Crippen molar-refractivity contribution in [3.63, 3.8) is 0 Å². The number of unbranched alkanes of at least 4 members (excludes halogenated alkanes) is 2. The molecule has 0 aliphatic heterocycles. The van der Waals surface area contributed by atoms with Gasteiger partial charge in [-0.3, -0.25) is 24.3 Å². The van der Waals surface area contributed by atoms with Crippen LogP contribution < -0.4 is 0 Å². The molecular weight excluding hydrogens is 444 g/mol. The van der Waals surface area contributed by atoms with Crippen LogP contribution in [0.1, 0.15) is 47.2 Å². The molecule has 0 spiro atoms. The highest BCUT2D eigenvalue weighted by Gasteiger charge is 2.17. The number of esters is 1. The normalized spacial score (nSPS) is 10.9. The minimum atomic E-state index is -0.507. The number of hydrogen-bond acceptors (Lipinski definition) is 5. The van der Waals surface area contributed by atoms with E-state index >= 15 is 0 Å². The number of aryl methyl sites for hydroxylation is 1. The molecule has 0 radical (unpaired) electrons. The summed E-state index contributed by atoms with van der Waals surface area (Å²) >= 11 is 0. The lowest BCUT2D eigenvalue weighted by Crippen LogP contribution is -2.11. The van der Waals surface area contributed by atoms with E-state index in [1.165, 1.54) is 18.2 Å². The molecule has 0 aliphatic rings. The largest absolute Gasteiger partial charge is 0.461 e. The standard InChI is InChI=1S/C28H26N2O5/c31-27(35-20-21-10-3-1-4-11-21)17-6-2-5-12-23-19-29(26-16-8-7-15-25(23)26)28(32)22-13-9-14-24(18-22)30(33)34/h1,3-4,7-11,13-16,18-19H,2,5-6,12,17,20H2. The van der Waals surface area contributed by atoms with Crippen molar-refractivity contribution in [2.75, 3.05) is 0 Å². The van der Waals surface area contributed by atoms with Crippen molar-refractivity contribution < 1.29 is 19.2 Å². The summed E-state index contributed by atoms with van der Waals surface area (Å²) in [6.07, 6.45) is 5.41. The SMILES string of the molecule is O=C(CCCCCc1cn(C(=O)c2cccc([N+](=O)[O-])c2)c2ccccc12)OCc1ccccc1. The number of para-hydroxylation sites is 1. The number of rotatable bonds is 10. The topological polar surface area (TPSA) is 91.4 Å². The molecule has 3 aromatic carbocycles. The van der Waals surface area contributed by atoms with E-state index in [4.69, 9.17) is 4.74 Å². The molecule has 0 bridgehead atoms. The predicted octanol–water partition coefficient (Wildman–Crippen LogP) is 6.08. The van der Waals surface area contributed by atoms with E-state index in [0.29, 0.717) is 6.42 Å². The van der Waals surface area contributed by atoms with Gasteiger partial charge in [0.25, 0.3) is 11.6 Å². The third kappa shape index (κ3) is 6.00. The zero-order chi connectivity index (χ0) is 24.6. The summed E-state index contributed by atoms with van der Waals surface area (Å²) in [4.78, 5) is 35.7. The Morgan fingerprint density at radius 2 is 1.66 bits per heavy atom. The van der Waals surface area contributed by atoms with Crippen LogP contribution in [-0.2, 0) is 22.6 Å². The summed E-state index contributed by atoms with van der Waals surface area (Å²) in [6, 6.07) is 23.0. The second-order valence-corrected chi connectivity index (χ2v) is 8.36. The molecule has 0 amide bonds. The predicted molar refractivity (Wildman–Crippen MR) is 133 cm³/mol. The van der Waals surface area contributed by atoms with Gasteiger partial charge in [0.1, 0.15) is 6.61 Å². The quantitative estimate of drug-likeness (QED) is 0.121. The Hall–Kier alpha value is -4.26. The second-order valence-electron chi connectivity index (χ2n) is 8.36. The second kappa shape index (κ2) is 11.2. The molecule has 0 saturated carbocycles. The summed E-state index contributed by atoms with van der Waals surface area (Å²) in [5.74, 6) is -0.509. The smallest absolute Gasteiger partial charge is 0.306 e. The maximum Gasteiger partial charge on any atom is 0.306 e. The van der Waals surface area contributed by atoms with Gasteiger partial charge in [0.2, 0.25) is 0 Å². The molecule has 4 rings (SSSR count). The minimum absolute atomic E-state index is 0.116. The number of fused-ring (bicyclic) bond motifs is 1. The number of aromatic nitrogens is 1. The van der Waals surface area contributed by atoms with Gasteiger partial charge < -0.3 is 4.74 Å². The summed E-state index contributed by atoms with van der Waals surface area (Å²) < 4.78 is 6.88. The molecule has 0 fully saturated rings. The first-order valence-corrected chi connectivity index (χ1v) is 11.6. The van der Waals surface area contributed by atoms with Crippen LogP contribution in [0.25, 0.3) is 10.9 Å². The van der Waals surface area contributed by atoms with E-state index in [1.807, 2.05) is 60.8 Å². The fourth-order valence-corrected chi connectivity index (χ4v) is 4.08. The highest BCUT2D eigenvalue weighted by Crippen LogP contribution is 2.25. The highest BCUT2D eigenvalue weighted by atomic mass is 16.6. The van der Waals surface area contributed by atoms with Crippen molar-refractivity contribution in [3.05, 3.63) is 112 Å². The lowest BCUT2D eigenvalue weighted by Gasteiger charge is -2.05. The van der Waals surface area contributed by atoms with E-state index < -0.39 is 4.92 Å². The average Bonchev–Trinajstić information content (AvgIpc) is 3.26. The molecule has 0 saturated heterocycles. The first-order chi connectivity index (χ1) is 17.0. The Labute approximate surface area is 203 Å². The van der Waals surface area contributed by atoms with E-state index in [2.05, 4.69) is 0 Å². The van der Waals surface area contributed by atoms with Gasteiger partial charge in [-0.05, 0) is 42.5 Å². The van der Waals surface area contributed by atoms with Gasteiger partial charge in [-0.2, -0.15) is 0 Å². The maximum absolute atomic E-state index is 13.2. The van der Waals surface area contributed by atoms with Crippen LogP contribution in [0.15, 0.2) is 85.1 Å². The van der Waals surface area contributed by atoms with E-state index in [0.717, 1.165) is 47.7 Å². The Kier molecular flexibility index (Phi) is 7.67. The number of carbonyl (C=O) groups excluding carboxylic acids is 2. The van der Waals surface area contributed by atoms with Crippen molar-refractivity contribution in [1.82, 2.24) is 4.57 Å². The molecule has 7 heteroatoms. The maximum atomic E-state index is 13.2. The van der Waals surface area contributed by atoms with E-state index in [-0.39, 0.29) is 29.7 Å². The van der Waals surface area contributed by atoms with Crippen molar-refractivity contribution >= 4 is 28.5 Å². The van der Waals surface area contributed by atoms with E-state index in [9.17, 15) is 19.7 Å². The van der Waals surface area contributed by atoms with Crippen molar-refractivity contribution in [2.24, 2.45) is 0 Å². The molecule has 35 heavy (non-hydrogen) atoms. The van der Waals surface area contributed by atoms with Gasteiger partial charge in [-0.1, -0.05) is 61.0 Å². The number of benzene rings is 3. The van der Waals surface area contributed by atoms with Crippen LogP contribution >= 0.6 is 0 Å². The Bertz CT molecular complexity index is 1340. The third-order valence-electron chi connectivity index (χ3n) is 5.89. The number of nitrogens with zero attached hydrogens (tertiary/aromatic N) is 2. The molecule has 1 heterocycles. The van der Waals surface area contributed by atoms with Crippen molar-refractivity contribution in [2.45, 2.75) is 38.7 Å². The van der Waals surface area contributed by atoms with Crippen LogP contribution in [0.2, 0.25) is 0 Å². The lowest BCUT2D eigenvalue weighted by atomic mass is 10.1. The zero-order valence-corrected chi connectivity index (χ0v) is 19.3. The van der Waals surface area contributed by atoms with Crippen LogP contribution in [0.5, 0.6) is 0 Å². The first-order valence-electron chi connectivity index (χ1n) is 11.6. The van der Waals surface area contributed by atoms with E-state index in [1.54, 1.807) is 10.6 Å². The minimum Gasteiger partial charge on any atom is -0.461 e. The monoisotopic (exact) mass is 470 g/mol. The average molecular weight is 471 g/mol. The molecule has 7 nitrogen and oxygen atoms in total. The number of nitro benzene ring substituents is 1. The molecule has 0 N–H and O–H groups in total. The Morgan fingerprint density at radius 1 is 0.886 bits per heavy atom. The van der Waals surface area contributed by atoms with Crippen LogP contribution in [0, 0.1) is 10.1 Å². The van der Waals surface area contributed by atoms with Gasteiger partial charge in [-0.25, -0.2) is 0 Å². The number of non-ortho nitro benzene ring substituents is 1. The van der Waals surface area contributed by atoms with Gasteiger partial charge in [0.15, 0.2) is 0 Å². The van der Waals surface area contributed by atoms with Crippen LogP contribution in [0.3, 0.4) is 0 Å². The van der Waals surface area contributed by atoms with Crippen molar-refractivity contribution in [3.8, 4) is 0 Å². The third-order valence-corrected chi connectivity index (χ3v) is 5.89. The van der Waals surface area contributed by atoms with Crippen LogP contribution in [-0.4, -0.2) is 21.4 Å². The summed E-state index contributed by atoms with van der Waals surface area (Å²) in [6.45, 7) is 0.289. The molecule has 0 atom stereocenters. The van der Waals surface area contributed by atoms with Crippen molar-refractivity contribution in [1.29, 1.82) is 0 Å². The summed E-state index contributed by atoms with van der Waals surface area (Å²) in [5.41, 5.74) is 2.92. The lowest BCUT2D eigenvalue weighted by molar-refractivity contribution is -0.384. The van der Waals surface area contributed by atoms with Gasteiger partial charge in [-0.15, -0.1) is 0 Å². The molecule has 178 valence electrons. The fraction of sp³-hybridized carbons (Fsp3) is 0.214. The zero-order valence-electron chi connectivity index (χ0n) is 19.3. The van der Waals surface area contributed by atoms with Gasteiger partial charge >= 0.3 is 5.97 Å². The summed E-state index contributed by atoms with van der Waals surface area (Å²) in [7, 11) is 0. The Morgan fingerprint density at radius 3 is 2.46 bits per heavy atom. The number of carbonyl (C=O) groups is 2. The van der Waals surface area contributed by atoms with Gasteiger partial charge in [0.05, 0.1) is 10.4 Å². The summed E-state index contributed by atoms with van der Waals surface area (Å²) in [5, 5.41) is 12.1. The number of ether oxygens (including phenoxy) is 1. The first kappa shape index (κ1) is 23.9. The number of hydrogen-bond donors (Lipinski definition) is 0. The van der Waals surface area contributed by atoms with Crippen LogP contribution in [0.4, 0.5) is 5.69 Å². The number of nitro groups is 1. The van der Waals surface area contributed by atoms with Gasteiger partial charge in [0, 0.05) is 35.7 Å². The molecular formula is C28H26N2O5. The fourth-order valence-electron chi connectivity index (χ4n) is 4.08. The molecule has 4 aromatic rings. The molecule has 0 unspecified atom stereocenters. The highest BCUT2D eigenvalue weighted by molar-refractivity contribution is 6.03. The molecule has 0 aliphatic carbocycles. The Balaban J connectivity index is 1.34.